The number of aliphatic hydroxyl groups excluding tert-OH is 1. The highest BCUT2D eigenvalue weighted by Gasteiger charge is 2.56. The summed E-state index contributed by atoms with van der Waals surface area (Å²) in [6.07, 6.45) is -10.8. The third kappa shape index (κ3) is 4.32. The van der Waals surface area contributed by atoms with Gasteiger partial charge in [-0.2, -0.15) is 26.3 Å². The van der Waals surface area contributed by atoms with Crippen molar-refractivity contribution in [2.24, 2.45) is 5.92 Å². The zero-order chi connectivity index (χ0) is 10.7. The van der Waals surface area contributed by atoms with Crippen LogP contribution in [0, 0.1) is 5.92 Å². The molecule has 0 saturated heterocycles. The molecule has 1 N–H and O–H groups in total. The minimum atomic E-state index is -5.41. The van der Waals surface area contributed by atoms with Gasteiger partial charge in [-0.3, -0.25) is 0 Å². The Labute approximate surface area is 69.1 Å². The number of aliphatic hydroxyl groups is 1. The summed E-state index contributed by atoms with van der Waals surface area (Å²) < 4.78 is 73.6. The van der Waals surface area contributed by atoms with Crippen LogP contribution in [0.3, 0.4) is 0 Å². The fourth-order valence-corrected chi connectivity index (χ4v) is 0.545. The number of halogens is 6. The fourth-order valence-electron chi connectivity index (χ4n) is 0.545. The smallest absolute Gasteiger partial charge is 0.371 e. The molecule has 80 valence electrons. The Bertz CT molecular complexity index is 136. The predicted octanol–water partition coefficient (Wildman–Crippen LogP) is 1.69. The Hall–Kier alpha value is -0.500. The number of ether oxygens (including phenoxy) is 1. The summed E-state index contributed by atoms with van der Waals surface area (Å²) >= 11 is 0. The molecular formula is C5H6F6O2. The maximum Gasteiger partial charge on any atom is 0.402 e. The van der Waals surface area contributed by atoms with Gasteiger partial charge in [-0.05, 0) is 0 Å². The van der Waals surface area contributed by atoms with Crippen molar-refractivity contribution >= 4 is 0 Å². The highest BCUT2D eigenvalue weighted by atomic mass is 19.4. The Morgan fingerprint density at radius 3 is 1.62 bits per heavy atom. The monoisotopic (exact) mass is 212 g/mol. The molecule has 0 aromatic carbocycles. The van der Waals surface area contributed by atoms with E-state index in [0.717, 1.165) is 0 Å². The van der Waals surface area contributed by atoms with Crippen LogP contribution in [0.25, 0.3) is 0 Å². The topological polar surface area (TPSA) is 29.5 Å². The van der Waals surface area contributed by atoms with Crippen molar-refractivity contribution in [3.8, 4) is 0 Å². The summed E-state index contributed by atoms with van der Waals surface area (Å²) in [6.45, 7) is -2.80. The molecule has 0 aliphatic heterocycles. The molecule has 2 nitrogen and oxygen atoms in total. The standard InChI is InChI=1S/C5H6F6O2/c6-4(7,8)3(1-13-2-12)5(9,10)11/h3,12H,1-2H2. The molecular weight excluding hydrogens is 206 g/mol. The van der Waals surface area contributed by atoms with Crippen LogP contribution in [0.4, 0.5) is 26.3 Å². The van der Waals surface area contributed by atoms with Crippen LogP contribution >= 0.6 is 0 Å². The van der Waals surface area contributed by atoms with Gasteiger partial charge in [-0.1, -0.05) is 0 Å². The second-order valence-corrected chi connectivity index (χ2v) is 2.14. The highest BCUT2D eigenvalue weighted by molar-refractivity contribution is 4.74. The van der Waals surface area contributed by atoms with Gasteiger partial charge in [0.25, 0.3) is 0 Å². The van der Waals surface area contributed by atoms with Gasteiger partial charge in [0.1, 0.15) is 6.79 Å². The van der Waals surface area contributed by atoms with Gasteiger partial charge in [0, 0.05) is 0 Å². The van der Waals surface area contributed by atoms with Gasteiger partial charge in [0.05, 0.1) is 6.61 Å². The number of rotatable bonds is 3. The largest absolute Gasteiger partial charge is 0.402 e. The number of hydrogen-bond donors (Lipinski definition) is 1. The van der Waals surface area contributed by atoms with Crippen molar-refractivity contribution in [1.29, 1.82) is 0 Å². The van der Waals surface area contributed by atoms with E-state index in [-0.39, 0.29) is 0 Å². The van der Waals surface area contributed by atoms with E-state index in [1.54, 1.807) is 0 Å². The lowest BCUT2D eigenvalue weighted by Gasteiger charge is -2.21. The lowest BCUT2D eigenvalue weighted by molar-refractivity contribution is -0.297. The van der Waals surface area contributed by atoms with Gasteiger partial charge in [-0.25, -0.2) is 0 Å². The van der Waals surface area contributed by atoms with E-state index in [1.165, 1.54) is 0 Å². The van der Waals surface area contributed by atoms with E-state index in [9.17, 15) is 26.3 Å². The van der Waals surface area contributed by atoms with Crippen LogP contribution < -0.4 is 0 Å². The minimum Gasteiger partial charge on any atom is -0.371 e. The molecule has 0 unspecified atom stereocenters. The fraction of sp³-hybridized carbons (Fsp3) is 1.00. The van der Waals surface area contributed by atoms with Crippen LogP contribution in [-0.2, 0) is 4.74 Å². The van der Waals surface area contributed by atoms with Crippen molar-refractivity contribution in [2.45, 2.75) is 12.4 Å². The maximum atomic E-state index is 11.7. The maximum absolute atomic E-state index is 11.7. The van der Waals surface area contributed by atoms with E-state index in [2.05, 4.69) is 4.74 Å². The second kappa shape index (κ2) is 4.14. The number of hydrogen-bond acceptors (Lipinski definition) is 2. The lowest BCUT2D eigenvalue weighted by Crippen LogP contribution is -2.39. The van der Waals surface area contributed by atoms with E-state index in [0.29, 0.717) is 0 Å². The van der Waals surface area contributed by atoms with Crippen molar-refractivity contribution in [2.75, 3.05) is 13.4 Å². The molecule has 8 heteroatoms. The lowest BCUT2D eigenvalue weighted by atomic mass is 10.1. The summed E-state index contributed by atoms with van der Waals surface area (Å²) in [7, 11) is 0. The van der Waals surface area contributed by atoms with E-state index >= 15 is 0 Å². The molecule has 0 heterocycles. The Kier molecular flexibility index (Phi) is 3.98. The Morgan fingerprint density at radius 2 is 1.38 bits per heavy atom. The summed E-state index contributed by atoms with van der Waals surface area (Å²) in [5.74, 6) is -3.55. The van der Waals surface area contributed by atoms with Gasteiger partial charge in [-0.15, -0.1) is 0 Å². The summed E-state index contributed by atoms with van der Waals surface area (Å²) in [5.41, 5.74) is 0. The predicted molar refractivity (Wildman–Crippen MR) is 28.6 cm³/mol. The van der Waals surface area contributed by atoms with Crippen LogP contribution in [-0.4, -0.2) is 30.9 Å². The third-order valence-electron chi connectivity index (χ3n) is 1.17. The first-order chi connectivity index (χ1) is 5.69. The van der Waals surface area contributed by atoms with E-state index in [4.69, 9.17) is 5.11 Å². The van der Waals surface area contributed by atoms with Crippen molar-refractivity contribution < 1.29 is 36.2 Å². The molecule has 0 rings (SSSR count). The third-order valence-corrected chi connectivity index (χ3v) is 1.17. The first-order valence-electron chi connectivity index (χ1n) is 3.01. The van der Waals surface area contributed by atoms with Crippen LogP contribution in [0.15, 0.2) is 0 Å². The van der Waals surface area contributed by atoms with E-state index < -0.39 is 31.7 Å². The normalized spacial score (nSPS) is 13.8. The number of alkyl halides is 6. The van der Waals surface area contributed by atoms with Crippen molar-refractivity contribution in [1.82, 2.24) is 0 Å². The van der Waals surface area contributed by atoms with Crippen molar-refractivity contribution in [3.63, 3.8) is 0 Å². The summed E-state index contributed by atoms with van der Waals surface area (Å²) in [4.78, 5) is 0. The SMILES string of the molecule is OCOCC(C(F)(F)F)C(F)(F)F. The molecule has 0 aromatic rings. The Balaban J connectivity index is 4.39. The zero-order valence-electron chi connectivity index (χ0n) is 6.11. The second-order valence-electron chi connectivity index (χ2n) is 2.14. The molecule has 0 atom stereocenters. The average molecular weight is 212 g/mol. The molecule has 0 bridgehead atoms. The molecule has 0 fully saturated rings. The van der Waals surface area contributed by atoms with Gasteiger partial charge in [0.15, 0.2) is 5.92 Å². The first-order valence-corrected chi connectivity index (χ1v) is 3.01. The molecule has 13 heavy (non-hydrogen) atoms. The minimum absolute atomic E-state index is 1.18. The Morgan fingerprint density at radius 1 is 1.00 bits per heavy atom. The molecule has 0 aliphatic rings. The molecule has 0 radical (unpaired) electrons. The highest BCUT2D eigenvalue weighted by Crippen LogP contribution is 2.39. The van der Waals surface area contributed by atoms with Crippen LogP contribution in [0.5, 0.6) is 0 Å². The molecule has 0 spiro atoms. The van der Waals surface area contributed by atoms with Gasteiger partial charge < -0.3 is 9.84 Å². The van der Waals surface area contributed by atoms with Gasteiger partial charge >= 0.3 is 12.4 Å². The quantitative estimate of drug-likeness (QED) is 0.569. The summed E-state index contributed by atoms with van der Waals surface area (Å²) in [5, 5.41) is 7.89. The van der Waals surface area contributed by atoms with Gasteiger partial charge in [0.2, 0.25) is 0 Å². The zero-order valence-corrected chi connectivity index (χ0v) is 6.11. The molecule has 0 amide bonds. The average Bonchev–Trinajstić information content (AvgIpc) is 1.81. The van der Waals surface area contributed by atoms with E-state index in [1.807, 2.05) is 0 Å². The first kappa shape index (κ1) is 12.5. The molecule has 0 saturated carbocycles. The molecule has 0 aliphatic carbocycles. The van der Waals surface area contributed by atoms with Crippen LogP contribution in [0.1, 0.15) is 0 Å². The van der Waals surface area contributed by atoms with Crippen molar-refractivity contribution in [3.05, 3.63) is 0 Å². The van der Waals surface area contributed by atoms with Crippen LogP contribution in [0.2, 0.25) is 0 Å². The summed E-state index contributed by atoms with van der Waals surface area (Å²) in [6, 6.07) is 0. The molecule has 0 aromatic heterocycles.